The molecule has 1 aromatic rings. The van der Waals surface area contributed by atoms with Crippen LogP contribution in [0.4, 0.5) is 0 Å². The molecule has 0 bridgehead atoms. The Morgan fingerprint density at radius 1 is 1.11 bits per heavy atom. The summed E-state index contributed by atoms with van der Waals surface area (Å²) in [6.07, 6.45) is 2.06. The van der Waals surface area contributed by atoms with Crippen molar-refractivity contribution in [3.05, 3.63) is 35.9 Å². The maximum absolute atomic E-state index is 12.9. The number of piperidine rings is 1. The number of nitrogens with one attached hydrogen (secondary N) is 2. The fourth-order valence-electron chi connectivity index (χ4n) is 3.63. The van der Waals surface area contributed by atoms with Crippen molar-refractivity contribution in [3.8, 4) is 0 Å². The average molecular weight is 373 g/mol. The van der Waals surface area contributed by atoms with E-state index in [1.54, 1.807) is 4.90 Å². The van der Waals surface area contributed by atoms with Crippen molar-refractivity contribution < 1.29 is 19.1 Å². The largest absolute Gasteiger partial charge is 0.465 e. The third kappa shape index (κ3) is 5.29. The van der Waals surface area contributed by atoms with Gasteiger partial charge in [-0.3, -0.25) is 14.4 Å². The lowest BCUT2D eigenvalue weighted by molar-refractivity contribution is -0.153. The highest BCUT2D eigenvalue weighted by Crippen LogP contribution is 2.20. The number of nitrogens with zero attached hydrogens (tertiary/aromatic N) is 1. The van der Waals surface area contributed by atoms with Gasteiger partial charge in [0.1, 0.15) is 6.04 Å². The molecule has 3 rings (SSSR count). The molecule has 7 nitrogen and oxygen atoms in total. The van der Waals surface area contributed by atoms with Crippen LogP contribution in [0.5, 0.6) is 0 Å². The molecule has 146 valence electrons. The number of hydrogen-bond acceptors (Lipinski definition) is 5. The topological polar surface area (TPSA) is 87.7 Å². The van der Waals surface area contributed by atoms with Crippen LogP contribution in [0.25, 0.3) is 0 Å². The lowest BCUT2D eigenvalue weighted by atomic mass is 9.95. The summed E-state index contributed by atoms with van der Waals surface area (Å²) in [7, 11) is 0. The summed E-state index contributed by atoms with van der Waals surface area (Å²) in [6.45, 7) is 2.75. The van der Waals surface area contributed by atoms with Gasteiger partial charge in [0.05, 0.1) is 13.0 Å². The van der Waals surface area contributed by atoms with E-state index in [1.807, 2.05) is 30.3 Å². The normalized spacial score (nSPS) is 20.8. The maximum Gasteiger partial charge on any atom is 0.308 e. The van der Waals surface area contributed by atoms with Crippen LogP contribution in [-0.2, 0) is 25.5 Å². The van der Waals surface area contributed by atoms with Gasteiger partial charge in [0, 0.05) is 25.4 Å². The Kier molecular flexibility index (Phi) is 6.81. The van der Waals surface area contributed by atoms with Crippen LogP contribution in [0, 0.1) is 5.92 Å². The Morgan fingerprint density at radius 2 is 1.85 bits per heavy atom. The summed E-state index contributed by atoms with van der Waals surface area (Å²) < 4.78 is 5.30. The highest BCUT2D eigenvalue weighted by Gasteiger charge is 2.37. The van der Waals surface area contributed by atoms with Crippen LogP contribution in [0.15, 0.2) is 30.3 Å². The fraction of sp³-hybridized carbons (Fsp3) is 0.550. The quantitative estimate of drug-likeness (QED) is 0.709. The molecule has 2 heterocycles. The molecule has 1 aromatic carbocycles. The van der Waals surface area contributed by atoms with E-state index in [9.17, 15) is 14.4 Å². The van der Waals surface area contributed by atoms with Gasteiger partial charge in [-0.15, -0.1) is 0 Å². The van der Waals surface area contributed by atoms with Crippen molar-refractivity contribution in [2.24, 2.45) is 5.92 Å². The second-order valence-electron chi connectivity index (χ2n) is 7.02. The van der Waals surface area contributed by atoms with Gasteiger partial charge < -0.3 is 20.3 Å². The van der Waals surface area contributed by atoms with Crippen molar-refractivity contribution in [1.29, 1.82) is 0 Å². The third-order valence-electron chi connectivity index (χ3n) is 5.16. The molecular weight excluding hydrogens is 346 g/mol. The van der Waals surface area contributed by atoms with Gasteiger partial charge in [-0.05, 0) is 31.5 Å². The Hall–Kier alpha value is -2.41. The number of esters is 1. The minimum absolute atomic E-state index is 0.0200. The highest BCUT2D eigenvalue weighted by atomic mass is 16.5. The van der Waals surface area contributed by atoms with Crippen molar-refractivity contribution in [2.75, 3.05) is 32.8 Å². The lowest BCUT2D eigenvalue weighted by Crippen LogP contribution is -2.59. The summed E-state index contributed by atoms with van der Waals surface area (Å²) in [5.41, 5.74) is 1.09. The van der Waals surface area contributed by atoms with Gasteiger partial charge in [-0.25, -0.2) is 0 Å². The van der Waals surface area contributed by atoms with Crippen molar-refractivity contribution in [3.63, 3.8) is 0 Å². The van der Waals surface area contributed by atoms with Crippen molar-refractivity contribution in [1.82, 2.24) is 15.5 Å². The first-order valence-electron chi connectivity index (χ1n) is 9.63. The molecule has 7 heteroatoms. The van der Waals surface area contributed by atoms with E-state index in [2.05, 4.69) is 10.6 Å². The van der Waals surface area contributed by atoms with E-state index in [0.29, 0.717) is 19.5 Å². The summed E-state index contributed by atoms with van der Waals surface area (Å²) in [4.78, 5) is 39.0. The zero-order valence-corrected chi connectivity index (χ0v) is 15.5. The summed E-state index contributed by atoms with van der Waals surface area (Å²) in [5.74, 6) is -0.818. The van der Waals surface area contributed by atoms with E-state index in [0.717, 1.165) is 31.5 Å². The number of amides is 2. The molecule has 0 aromatic heterocycles. The van der Waals surface area contributed by atoms with Crippen molar-refractivity contribution >= 4 is 17.8 Å². The molecule has 2 aliphatic heterocycles. The first-order chi connectivity index (χ1) is 13.1. The molecule has 0 spiro atoms. The first kappa shape index (κ1) is 19.4. The zero-order valence-electron chi connectivity index (χ0n) is 15.5. The van der Waals surface area contributed by atoms with Crippen LogP contribution in [0.3, 0.4) is 0 Å². The SMILES string of the molecule is O=C(CC1C(=O)NCCN1C(=O)C1CCNCC1)OCCc1ccccc1. The number of carbonyl (C=O) groups is 3. The minimum atomic E-state index is -0.773. The highest BCUT2D eigenvalue weighted by molar-refractivity contribution is 5.92. The number of carbonyl (C=O) groups excluding carboxylic acids is 3. The van der Waals surface area contributed by atoms with Gasteiger partial charge in [0.2, 0.25) is 11.8 Å². The van der Waals surface area contributed by atoms with E-state index >= 15 is 0 Å². The number of piperazine rings is 1. The van der Waals surface area contributed by atoms with Gasteiger partial charge in [-0.1, -0.05) is 30.3 Å². The molecule has 2 amide bonds. The molecule has 0 aliphatic carbocycles. The Labute approximate surface area is 159 Å². The van der Waals surface area contributed by atoms with Crippen LogP contribution >= 0.6 is 0 Å². The Bertz CT molecular complexity index is 658. The van der Waals surface area contributed by atoms with Crippen LogP contribution in [0.1, 0.15) is 24.8 Å². The lowest BCUT2D eigenvalue weighted by Gasteiger charge is -2.37. The molecule has 2 N–H and O–H groups in total. The van der Waals surface area contributed by atoms with E-state index < -0.39 is 12.0 Å². The first-order valence-corrected chi connectivity index (χ1v) is 9.63. The predicted octanol–water partition coefficient (Wildman–Crippen LogP) is 0.489. The third-order valence-corrected chi connectivity index (χ3v) is 5.16. The van der Waals surface area contributed by atoms with Crippen LogP contribution in [-0.4, -0.2) is 61.5 Å². The standard InChI is InChI=1S/C20H27N3O4/c24-18(27-13-8-15-4-2-1-3-5-15)14-17-19(25)22-11-12-23(17)20(26)16-6-9-21-10-7-16/h1-5,16-17,21H,6-14H2,(H,22,25). The summed E-state index contributed by atoms with van der Waals surface area (Å²) in [6, 6.07) is 8.99. The fourth-order valence-corrected chi connectivity index (χ4v) is 3.63. The molecule has 2 fully saturated rings. The van der Waals surface area contributed by atoms with Gasteiger partial charge in [0.25, 0.3) is 0 Å². The number of hydrogen-bond donors (Lipinski definition) is 2. The Morgan fingerprint density at radius 3 is 2.59 bits per heavy atom. The van der Waals surface area contributed by atoms with Gasteiger partial charge in [0.15, 0.2) is 0 Å². The molecule has 0 radical (unpaired) electrons. The molecule has 1 atom stereocenters. The van der Waals surface area contributed by atoms with E-state index in [-0.39, 0.29) is 30.8 Å². The average Bonchev–Trinajstić information content (AvgIpc) is 2.70. The molecule has 1 unspecified atom stereocenters. The summed E-state index contributed by atoms with van der Waals surface area (Å²) >= 11 is 0. The number of rotatable bonds is 6. The smallest absolute Gasteiger partial charge is 0.308 e. The molecule has 2 saturated heterocycles. The second-order valence-corrected chi connectivity index (χ2v) is 7.02. The molecule has 0 saturated carbocycles. The zero-order chi connectivity index (χ0) is 19.1. The van der Waals surface area contributed by atoms with Gasteiger partial charge >= 0.3 is 5.97 Å². The van der Waals surface area contributed by atoms with Crippen LogP contribution in [0.2, 0.25) is 0 Å². The molecule has 2 aliphatic rings. The number of benzene rings is 1. The predicted molar refractivity (Wildman–Crippen MR) is 99.8 cm³/mol. The number of ether oxygens (including phenoxy) is 1. The van der Waals surface area contributed by atoms with Crippen molar-refractivity contribution in [2.45, 2.75) is 31.7 Å². The van der Waals surface area contributed by atoms with Crippen LogP contribution < -0.4 is 10.6 Å². The molecule has 27 heavy (non-hydrogen) atoms. The van der Waals surface area contributed by atoms with E-state index in [1.165, 1.54) is 0 Å². The summed E-state index contributed by atoms with van der Waals surface area (Å²) in [5, 5.41) is 5.99. The monoisotopic (exact) mass is 373 g/mol. The Balaban J connectivity index is 1.53. The van der Waals surface area contributed by atoms with Gasteiger partial charge in [-0.2, -0.15) is 0 Å². The second kappa shape index (κ2) is 9.50. The van der Waals surface area contributed by atoms with E-state index in [4.69, 9.17) is 4.74 Å². The minimum Gasteiger partial charge on any atom is -0.465 e. The molecular formula is C20H27N3O4. The maximum atomic E-state index is 12.9.